The molecule has 5 heterocycles. The molecule has 0 spiro atoms. The smallest absolute Gasteiger partial charge is 0.316 e. The summed E-state index contributed by atoms with van der Waals surface area (Å²) in [5, 5.41) is 28.2. The van der Waals surface area contributed by atoms with E-state index in [1.54, 1.807) is 11.5 Å². The highest BCUT2D eigenvalue weighted by Crippen LogP contribution is 2.44. The molecule has 2 unspecified atom stereocenters. The summed E-state index contributed by atoms with van der Waals surface area (Å²) in [6.07, 6.45) is 1.52. The third-order valence-electron chi connectivity index (χ3n) is 6.28. The molecule has 3 aromatic heterocycles. The Morgan fingerprint density at radius 1 is 1.38 bits per heavy atom. The van der Waals surface area contributed by atoms with Gasteiger partial charge in [0.25, 0.3) is 5.91 Å². The quantitative estimate of drug-likeness (QED) is 0.0782. The highest BCUT2D eigenvalue weighted by Gasteiger charge is 2.57. The maximum Gasteiger partial charge on any atom is 0.316 e. The molecule has 3 atom stereocenters. The molecule has 2 aliphatic rings. The molecule has 0 saturated carbocycles. The number of carboxylic acid groups (broad SMARTS) is 1. The summed E-state index contributed by atoms with van der Waals surface area (Å²) >= 11 is 12.2. The Morgan fingerprint density at radius 2 is 2.15 bits per heavy atom. The zero-order chi connectivity index (χ0) is 28.8. The lowest BCUT2D eigenvalue weighted by Crippen LogP contribution is -2.73. The van der Waals surface area contributed by atoms with Gasteiger partial charge in [-0.1, -0.05) is 34.6 Å². The predicted molar refractivity (Wildman–Crippen MR) is 159 cm³/mol. The Balaban J connectivity index is 1.29. The van der Waals surface area contributed by atoms with Gasteiger partial charge in [0.05, 0.1) is 17.9 Å². The number of oxime groups is 1. The molecule has 0 aromatic carbocycles. The van der Waals surface area contributed by atoms with Gasteiger partial charge in [-0.15, -0.1) is 45.8 Å². The van der Waals surface area contributed by atoms with Gasteiger partial charge in [0, 0.05) is 29.8 Å². The van der Waals surface area contributed by atoms with Gasteiger partial charge in [-0.3, -0.25) is 19.2 Å². The normalized spacial score (nSPS) is 22.9. The Labute approximate surface area is 251 Å². The van der Waals surface area contributed by atoms with E-state index in [-0.39, 0.29) is 40.8 Å². The number of halogens is 1. The van der Waals surface area contributed by atoms with Gasteiger partial charge in [-0.05, 0) is 11.5 Å². The van der Waals surface area contributed by atoms with Crippen LogP contribution in [0, 0.1) is 5.41 Å². The van der Waals surface area contributed by atoms with Crippen LogP contribution in [0.1, 0.15) is 11.3 Å². The van der Waals surface area contributed by atoms with Crippen LogP contribution in [0.4, 0.5) is 5.13 Å². The molecule has 2 aliphatic heterocycles. The average Bonchev–Trinajstić information content (AvgIpc) is 3.52. The van der Waals surface area contributed by atoms with Crippen LogP contribution in [-0.4, -0.2) is 67.4 Å². The van der Waals surface area contributed by atoms with Gasteiger partial charge in [0.1, 0.15) is 22.5 Å². The summed E-state index contributed by atoms with van der Waals surface area (Å²) in [7, 11) is 0. The molecule has 40 heavy (non-hydrogen) atoms. The van der Waals surface area contributed by atoms with Gasteiger partial charge >= 0.3 is 5.97 Å². The summed E-state index contributed by atoms with van der Waals surface area (Å²) in [5.74, 6) is -2.25. The largest absolute Gasteiger partial charge is 0.481 e. The van der Waals surface area contributed by atoms with E-state index >= 15 is 0 Å². The fourth-order valence-corrected chi connectivity index (χ4v) is 10.3. The number of nitrogens with two attached hydrogens (primary N) is 2. The summed E-state index contributed by atoms with van der Waals surface area (Å²) in [5.41, 5.74) is 9.93. The molecule has 0 bridgehead atoms. The molecule has 12 nitrogen and oxygen atoms in total. The number of anilines is 1. The molecule has 7 N–H and O–H groups in total. The van der Waals surface area contributed by atoms with Crippen molar-refractivity contribution >= 4 is 107 Å². The molecular formula is C22H19ClN6O6S5. The van der Waals surface area contributed by atoms with E-state index in [0.29, 0.717) is 19.5 Å². The van der Waals surface area contributed by atoms with Crippen molar-refractivity contribution in [1.82, 2.24) is 15.2 Å². The zero-order valence-electron chi connectivity index (χ0n) is 20.0. The fraction of sp³-hybridized carbons (Fsp3) is 0.273. The first kappa shape index (κ1) is 28.8. The van der Waals surface area contributed by atoms with Crippen molar-refractivity contribution in [3.8, 4) is 0 Å². The minimum absolute atomic E-state index is 0.0183. The number of aliphatic carboxylic acids is 1. The minimum atomic E-state index is -1.39. The summed E-state index contributed by atoms with van der Waals surface area (Å²) in [4.78, 5) is 56.1. The molecule has 0 radical (unpaired) electrons. The lowest BCUT2D eigenvalue weighted by molar-refractivity contribution is -0.156. The molecule has 2 amide bonds. The van der Waals surface area contributed by atoms with Crippen LogP contribution in [0.25, 0.3) is 9.40 Å². The van der Waals surface area contributed by atoms with Gasteiger partial charge in [0.2, 0.25) is 5.91 Å². The van der Waals surface area contributed by atoms with Crippen LogP contribution in [0.3, 0.4) is 0 Å². The molecule has 3 aromatic rings. The van der Waals surface area contributed by atoms with Crippen LogP contribution >= 0.6 is 69.1 Å². The summed E-state index contributed by atoms with van der Waals surface area (Å²) in [6, 6.07) is 0.689. The SMILES string of the molecule is NCc1c(SC=CC2(C(=O)O)CS[C@@H]3C(NC(=O)C(=NO)c4csc(N)n4)C(=O)N3C2)sc2sc(Cl)cc2c1=O. The number of aromatic nitrogens is 1. The number of β-lactam (4-membered cyclic amide) rings is 1. The maximum absolute atomic E-state index is 12.9. The number of carboxylic acids is 1. The molecule has 2 saturated heterocycles. The van der Waals surface area contributed by atoms with Crippen LogP contribution in [0.5, 0.6) is 0 Å². The Hall–Kier alpha value is -2.67. The second-order valence-corrected chi connectivity index (χ2v) is 14.8. The van der Waals surface area contributed by atoms with Crippen molar-refractivity contribution in [2.24, 2.45) is 16.3 Å². The highest BCUT2D eigenvalue weighted by molar-refractivity contribution is 8.04. The number of fused-ring (bicyclic) bond motifs is 2. The van der Waals surface area contributed by atoms with E-state index in [1.807, 2.05) is 0 Å². The van der Waals surface area contributed by atoms with Crippen molar-refractivity contribution in [2.45, 2.75) is 22.2 Å². The number of carbonyl (C=O) groups is 3. The van der Waals surface area contributed by atoms with Gasteiger partial charge in [-0.25, -0.2) is 4.98 Å². The fourth-order valence-electron chi connectivity index (χ4n) is 4.19. The number of thiazole rings is 1. The van der Waals surface area contributed by atoms with E-state index < -0.39 is 34.6 Å². The number of thioether (sulfide) groups is 2. The van der Waals surface area contributed by atoms with Gasteiger partial charge in [0.15, 0.2) is 16.3 Å². The second kappa shape index (κ2) is 11.3. The van der Waals surface area contributed by atoms with Crippen molar-refractivity contribution in [2.75, 3.05) is 18.0 Å². The number of hydrogen-bond donors (Lipinski definition) is 5. The van der Waals surface area contributed by atoms with Gasteiger partial charge < -0.3 is 32.0 Å². The number of nitrogens with one attached hydrogen (secondary N) is 1. The maximum atomic E-state index is 12.9. The monoisotopic (exact) mass is 658 g/mol. The third kappa shape index (κ3) is 5.10. The van der Waals surface area contributed by atoms with E-state index in [0.717, 1.165) is 15.4 Å². The number of thiophene rings is 1. The van der Waals surface area contributed by atoms with E-state index in [9.17, 15) is 29.5 Å². The van der Waals surface area contributed by atoms with Crippen molar-refractivity contribution < 1.29 is 24.7 Å². The second-order valence-electron chi connectivity index (χ2n) is 8.67. The average molecular weight is 659 g/mol. The first-order chi connectivity index (χ1) is 19.1. The van der Waals surface area contributed by atoms with E-state index in [1.165, 1.54) is 62.6 Å². The third-order valence-corrected chi connectivity index (χ3v) is 12.2. The number of nitrogen functional groups attached to an aromatic ring is 1. The van der Waals surface area contributed by atoms with Crippen molar-refractivity contribution in [3.63, 3.8) is 0 Å². The lowest BCUT2D eigenvalue weighted by atomic mass is 9.87. The number of carbonyl (C=O) groups excluding carboxylic acids is 2. The van der Waals surface area contributed by atoms with Crippen LogP contribution < -0.4 is 22.2 Å². The molecule has 2 fully saturated rings. The number of hydrogen-bond acceptors (Lipinski definition) is 14. The zero-order valence-corrected chi connectivity index (χ0v) is 24.9. The number of rotatable bonds is 8. The van der Waals surface area contributed by atoms with Crippen molar-refractivity contribution in [1.29, 1.82) is 0 Å². The lowest BCUT2D eigenvalue weighted by Gasteiger charge is -2.53. The van der Waals surface area contributed by atoms with Gasteiger partial charge in [-0.2, -0.15) is 0 Å². The van der Waals surface area contributed by atoms with Crippen molar-refractivity contribution in [3.05, 3.63) is 48.7 Å². The van der Waals surface area contributed by atoms with Crippen LogP contribution in [-0.2, 0) is 20.9 Å². The van der Waals surface area contributed by atoms with Crippen LogP contribution in [0.2, 0.25) is 4.34 Å². The van der Waals surface area contributed by atoms with E-state index in [2.05, 4.69) is 15.5 Å². The van der Waals surface area contributed by atoms with Crippen LogP contribution in [0.15, 0.2) is 37.1 Å². The minimum Gasteiger partial charge on any atom is -0.481 e. The van der Waals surface area contributed by atoms with E-state index in [4.69, 9.17) is 23.1 Å². The molecular weight excluding hydrogens is 640 g/mol. The number of amides is 2. The standard InChI is InChI=1S/C22H19ClN6O6S5/c23-11-3-8-14(30)9(4-24)18(40-19(8)39-11)36-2-1-22(20(33)34)6-29-16(32)13(17(29)38-7-22)27-15(31)12(28-35)10-5-37-21(25)26-10/h1-3,5,13,17,35H,4,6-7,24H2,(H2,25,26)(H,27,31)(H,33,34)/t13?,17-,22?/m1/s1. The molecule has 18 heteroatoms. The highest BCUT2D eigenvalue weighted by atomic mass is 35.5. The Morgan fingerprint density at radius 3 is 2.80 bits per heavy atom. The Kier molecular flexibility index (Phi) is 8.15. The Bertz CT molecular complexity index is 1650. The summed E-state index contributed by atoms with van der Waals surface area (Å²) in [6.45, 7) is -0.0875. The molecule has 5 rings (SSSR count). The molecule has 210 valence electrons. The predicted octanol–water partition coefficient (Wildman–Crippen LogP) is 2.43. The molecule has 0 aliphatic carbocycles. The first-order valence-corrected chi connectivity index (χ1v) is 16.1. The summed E-state index contributed by atoms with van der Waals surface area (Å²) < 4.78 is 1.88. The number of nitrogens with zero attached hydrogens (tertiary/aromatic N) is 3. The first-order valence-electron chi connectivity index (χ1n) is 11.3. The topological polar surface area (TPSA) is 201 Å².